The van der Waals surface area contributed by atoms with Crippen molar-refractivity contribution in [1.82, 2.24) is 10.2 Å². The van der Waals surface area contributed by atoms with Crippen molar-refractivity contribution >= 4 is 33.2 Å². The molecule has 0 radical (unpaired) electrons. The fourth-order valence-corrected chi connectivity index (χ4v) is 5.62. The van der Waals surface area contributed by atoms with Crippen molar-refractivity contribution in [2.45, 2.75) is 24.9 Å². The van der Waals surface area contributed by atoms with Crippen molar-refractivity contribution in [2.24, 2.45) is 0 Å². The van der Waals surface area contributed by atoms with Crippen LogP contribution in [-0.4, -0.2) is 52.1 Å². The average molecular weight is 528 g/mol. The zero-order valence-electron chi connectivity index (χ0n) is 20.2. The van der Waals surface area contributed by atoms with Crippen molar-refractivity contribution in [1.29, 1.82) is 0 Å². The van der Waals surface area contributed by atoms with Crippen molar-refractivity contribution in [3.8, 4) is 0 Å². The second kappa shape index (κ2) is 11.9. The van der Waals surface area contributed by atoms with Gasteiger partial charge < -0.3 is 10.1 Å². The molecule has 3 aromatic rings. The zero-order valence-corrected chi connectivity index (χ0v) is 21.8. The molecule has 1 N–H and O–H groups in total. The van der Waals surface area contributed by atoms with Gasteiger partial charge in [0.1, 0.15) is 6.54 Å². The summed E-state index contributed by atoms with van der Waals surface area (Å²) in [7, 11) is -3.99. The number of morpholine rings is 1. The third-order valence-electron chi connectivity index (χ3n) is 6.05. The Morgan fingerprint density at radius 2 is 1.72 bits per heavy atom. The summed E-state index contributed by atoms with van der Waals surface area (Å²) < 4.78 is 33.4. The van der Waals surface area contributed by atoms with E-state index in [1.165, 1.54) is 12.1 Å². The summed E-state index contributed by atoms with van der Waals surface area (Å²) in [5, 5.41) is 3.30. The van der Waals surface area contributed by atoms with Gasteiger partial charge in [0.15, 0.2) is 0 Å². The third kappa shape index (κ3) is 6.64. The van der Waals surface area contributed by atoms with E-state index in [0.29, 0.717) is 17.3 Å². The van der Waals surface area contributed by atoms with Crippen LogP contribution in [0.4, 0.5) is 5.69 Å². The number of hydrogen-bond donors (Lipinski definition) is 1. The van der Waals surface area contributed by atoms with Crippen LogP contribution in [-0.2, 0) is 32.6 Å². The van der Waals surface area contributed by atoms with Gasteiger partial charge in [0.25, 0.3) is 10.0 Å². The smallest absolute Gasteiger partial charge is 0.264 e. The number of amides is 1. The molecule has 9 heteroatoms. The van der Waals surface area contributed by atoms with Gasteiger partial charge in [-0.2, -0.15) is 0 Å². The lowest BCUT2D eigenvalue weighted by Gasteiger charge is -2.26. The van der Waals surface area contributed by atoms with E-state index in [0.717, 1.165) is 53.8 Å². The molecule has 36 heavy (non-hydrogen) atoms. The quantitative estimate of drug-likeness (QED) is 0.455. The molecule has 0 aliphatic carbocycles. The summed E-state index contributed by atoms with van der Waals surface area (Å²) in [5.41, 5.74) is 3.26. The first-order valence-electron chi connectivity index (χ1n) is 11.8. The molecule has 1 amide bonds. The normalized spacial score (nSPS) is 14.4. The highest BCUT2D eigenvalue weighted by Gasteiger charge is 2.27. The summed E-state index contributed by atoms with van der Waals surface area (Å²) in [4.78, 5) is 15.4. The lowest BCUT2D eigenvalue weighted by atomic mass is 10.1. The molecule has 1 saturated heterocycles. The van der Waals surface area contributed by atoms with Gasteiger partial charge in [-0.25, -0.2) is 8.42 Å². The number of ether oxygens (including phenoxy) is 1. The third-order valence-corrected chi connectivity index (χ3v) is 8.25. The first-order chi connectivity index (χ1) is 17.3. The fourth-order valence-electron chi connectivity index (χ4n) is 4.01. The minimum atomic E-state index is -3.99. The summed E-state index contributed by atoms with van der Waals surface area (Å²) >= 11 is 6.28. The first-order valence-corrected chi connectivity index (χ1v) is 13.6. The largest absolute Gasteiger partial charge is 0.379 e. The second-order valence-corrected chi connectivity index (χ2v) is 11.0. The van der Waals surface area contributed by atoms with Crippen LogP contribution in [0.3, 0.4) is 0 Å². The highest BCUT2D eigenvalue weighted by molar-refractivity contribution is 7.92. The van der Waals surface area contributed by atoms with Gasteiger partial charge in [-0.1, -0.05) is 60.1 Å². The summed E-state index contributed by atoms with van der Waals surface area (Å²) in [6.45, 7) is 5.86. The molecule has 1 aliphatic rings. The molecule has 0 spiro atoms. The SMILES string of the molecule is Cc1ccc(N(CC(=O)NCc2cccc(CN3CCOCC3)c2)S(=O)(=O)c2ccccc2)cc1Cl. The average Bonchev–Trinajstić information content (AvgIpc) is 2.89. The number of aryl methyl sites for hydroxylation is 1. The molecule has 190 valence electrons. The van der Waals surface area contributed by atoms with Crippen LogP contribution in [0, 0.1) is 6.92 Å². The van der Waals surface area contributed by atoms with Gasteiger partial charge >= 0.3 is 0 Å². The van der Waals surface area contributed by atoms with E-state index >= 15 is 0 Å². The molecule has 0 bridgehead atoms. The van der Waals surface area contributed by atoms with Gasteiger partial charge in [-0.3, -0.25) is 14.0 Å². The number of hydrogen-bond acceptors (Lipinski definition) is 5. The van der Waals surface area contributed by atoms with E-state index in [2.05, 4.69) is 22.3 Å². The van der Waals surface area contributed by atoms with Gasteiger partial charge in [-0.15, -0.1) is 0 Å². The van der Waals surface area contributed by atoms with Crippen LogP contribution in [0.1, 0.15) is 16.7 Å². The number of nitrogens with zero attached hydrogens (tertiary/aromatic N) is 2. The topological polar surface area (TPSA) is 79.0 Å². The molecule has 7 nitrogen and oxygen atoms in total. The Morgan fingerprint density at radius 3 is 2.44 bits per heavy atom. The summed E-state index contributed by atoms with van der Waals surface area (Å²) in [6.07, 6.45) is 0. The maximum Gasteiger partial charge on any atom is 0.264 e. The highest BCUT2D eigenvalue weighted by atomic mass is 35.5. The summed E-state index contributed by atoms with van der Waals surface area (Å²) in [5.74, 6) is -0.412. The number of rotatable bonds is 9. The summed E-state index contributed by atoms with van der Waals surface area (Å²) in [6, 6.07) is 21.1. The molecule has 0 saturated carbocycles. The molecule has 4 rings (SSSR count). The fraction of sp³-hybridized carbons (Fsp3) is 0.296. The first kappa shape index (κ1) is 26.2. The van der Waals surface area contributed by atoms with Crippen LogP contribution in [0.2, 0.25) is 5.02 Å². The molecule has 0 aromatic heterocycles. The van der Waals surface area contributed by atoms with Crippen LogP contribution in [0.5, 0.6) is 0 Å². The van der Waals surface area contributed by atoms with Crippen LogP contribution in [0.15, 0.2) is 77.7 Å². The maximum absolute atomic E-state index is 13.5. The predicted molar refractivity (Wildman–Crippen MR) is 142 cm³/mol. The lowest BCUT2D eigenvalue weighted by molar-refractivity contribution is -0.119. The van der Waals surface area contributed by atoms with E-state index in [1.54, 1.807) is 36.4 Å². The van der Waals surface area contributed by atoms with Crippen molar-refractivity contribution < 1.29 is 17.9 Å². The van der Waals surface area contributed by atoms with Gasteiger partial charge in [0.05, 0.1) is 23.8 Å². The Balaban J connectivity index is 1.47. The van der Waals surface area contributed by atoms with Gasteiger partial charge in [-0.05, 0) is 47.9 Å². The van der Waals surface area contributed by atoms with Crippen LogP contribution >= 0.6 is 11.6 Å². The minimum absolute atomic E-state index is 0.102. The number of sulfonamides is 1. The van der Waals surface area contributed by atoms with Crippen LogP contribution in [0.25, 0.3) is 0 Å². The van der Waals surface area contributed by atoms with Crippen LogP contribution < -0.4 is 9.62 Å². The van der Waals surface area contributed by atoms with Crippen molar-refractivity contribution in [2.75, 3.05) is 37.2 Å². The Bertz CT molecular complexity index is 1300. The number of carbonyl (C=O) groups excluding carboxylic acids is 1. The van der Waals surface area contributed by atoms with Gasteiger partial charge in [0, 0.05) is 31.2 Å². The molecule has 0 atom stereocenters. The maximum atomic E-state index is 13.5. The monoisotopic (exact) mass is 527 g/mol. The van der Waals surface area contributed by atoms with E-state index in [4.69, 9.17) is 16.3 Å². The van der Waals surface area contributed by atoms with Crippen molar-refractivity contribution in [3.63, 3.8) is 0 Å². The molecule has 1 aliphatic heterocycles. The number of halogens is 1. The molecule has 3 aromatic carbocycles. The van der Waals surface area contributed by atoms with E-state index in [9.17, 15) is 13.2 Å². The zero-order chi connectivity index (χ0) is 25.5. The molecule has 1 heterocycles. The Kier molecular flexibility index (Phi) is 8.64. The molecule has 1 fully saturated rings. The Hall–Kier alpha value is -2.91. The van der Waals surface area contributed by atoms with Gasteiger partial charge in [0.2, 0.25) is 5.91 Å². The minimum Gasteiger partial charge on any atom is -0.379 e. The number of anilines is 1. The number of nitrogens with one attached hydrogen (secondary N) is 1. The Morgan fingerprint density at radius 1 is 1.00 bits per heavy atom. The molecular weight excluding hydrogens is 498 g/mol. The lowest BCUT2D eigenvalue weighted by Crippen LogP contribution is -2.40. The standard InChI is InChI=1S/C27H30ClN3O4S/c1-21-10-11-24(17-26(21)28)31(36(33,34)25-8-3-2-4-9-25)20-27(32)29-18-22-6-5-7-23(16-22)19-30-12-14-35-15-13-30/h2-11,16-17H,12-15,18-20H2,1H3,(H,29,32). The van der Waals surface area contributed by atoms with E-state index in [1.807, 2.05) is 19.1 Å². The number of carbonyl (C=O) groups is 1. The molecule has 0 unspecified atom stereocenters. The second-order valence-electron chi connectivity index (χ2n) is 8.74. The van der Waals surface area contributed by atoms with E-state index < -0.39 is 15.9 Å². The predicted octanol–water partition coefficient (Wildman–Crippen LogP) is 3.99. The molecular formula is C27H30ClN3O4S. The Labute approximate surface area is 217 Å². The van der Waals surface area contributed by atoms with Crippen molar-refractivity contribution in [3.05, 3.63) is 94.5 Å². The highest BCUT2D eigenvalue weighted by Crippen LogP contribution is 2.28. The number of benzene rings is 3. The van der Waals surface area contributed by atoms with E-state index in [-0.39, 0.29) is 11.4 Å².